The number of hydrogen-bond acceptors (Lipinski definition) is 2. The second kappa shape index (κ2) is 6.65. The molecule has 0 aliphatic carbocycles. The van der Waals surface area contributed by atoms with Gasteiger partial charge < -0.3 is 10.1 Å². The summed E-state index contributed by atoms with van der Waals surface area (Å²) in [6.07, 6.45) is 1.54. The Morgan fingerprint density at radius 1 is 1.14 bits per heavy atom. The van der Waals surface area contributed by atoms with Crippen molar-refractivity contribution in [2.45, 2.75) is 12.5 Å². The summed E-state index contributed by atoms with van der Waals surface area (Å²) >= 11 is 9.38. The van der Waals surface area contributed by atoms with Gasteiger partial charge in [0.25, 0.3) is 0 Å². The molecular weight excluding hydrogens is 364 g/mol. The zero-order chi connectivity index (χ0) is 15.5. The Bertz CT molecular complexity index is 770. The first-order valence-electron chi connectivity index (χ1n) is 6.86. The van der Waals surface area contributed by atoms with E-state index < -0.39 is 6.10 Å². The minimum Gasteiger partial charge on any atom is -0.385 e. The molecule has 1 atom stereocenters. The molecule has 112 valence electrons. The Morgan fingerprint density at radius 2 is 1.86 bits per heavy atom. The summed E-state index contributed by atoms with van der Waals surface area (Å²) in [5, 5.41) is 11.1. The molecule has 1 aromatic heterocycles. The van der Waals surface area contributed by atoms with Gasteiger partial charge in [-0.3, -0.25) is 0 Å². The van der Waals surface area contributed by atoms with Crippen LogP contribution in [0.2, 0.25) is 5.02 Å². The van der Waals surface area contributed by atoms with Crippen LogP contribution in [0, 0.1) is 0 Å². The second-order valence-electron chi connectivity index (χ2n) is 5.00. The molecule has 0 amide bonds. The quantitative estimate of drug-likeness (QED) is 0.688. The number of aromatic amines is 1. The third-order valence-electron chi connectivity index (χ3n) is 3.44. The van der Waals surface area contributed by atoms with E-state index >= 15 is 0 Å². The first-order valence-corrected chi connectivity index (χ1v) is 8.03. The molecule has 2 N–H and O–H groups in total. The lowest BCUT2D eigenvalue weighted by molar-refractivity contribution is 0.169. The van der Waals surface area contributed by atoms with Crippen molar-refractivity contribution in [3.05, 3.63) is 75.6 Å². The van der Waals surface area contributed by atoms with Crippen molar-refractivity contribution in [2.24, 2.45) is 0 Å². The van der Waals surface area contributed by atoms with Crippen molar-refractivity contribution in [2.75, 3.05) is 0 Å². The molecule has 1 heterocycles. The molecule has 3 nitrogen and oxygen atoms in total. The highest BCUT2D eigenvalue weighted by molar-refractivity contribution is 9.10. The van der Waals surface area contributed by atoms with E-state index in [0.717, 1.165) is 21.3 Å². The van der Waals surface area contributed by atoms with E-state index in [2.05, 4.69) is 25.9 Å². The largest absolute Gasteiger partial charge is 0.385 e. The minimum atomic E-state index is -0.681. The van der Waals surface area contributed by atoms with Crippen LogP contribution in [0.15, 0.2) is 59.2 Å². The fraction of sp³-hybridized carbons (Fsp3) is 0.118. The highest BCUT2D eigenvalue weighted by Crippen LogP contribution is 2.25. The molecule has 2 aromatic carbocycles. The van der Waals surface area contributed by atoms with Gasteiger partial charge in [0, 0.05) is 15.9 Å². The number of aromatic nitrogens is 2. The fourth-order valence-corrected chi connectivity index (χ4v) is 2.82. The summed E-state index contributed by atoms with van der Waals surface area (Å²) in [6.45, 7) is 0. The van der Waals surface area contributed by atoms with Gasteiger partial charge in [0.05, 0.1) is 11.9 Å². The second-order valence-corrected chi connectivity index (χ2v) is 6.29. The van der Waals surface area contributed by atoms with Crippen LogP contribution in [0.5, 0.6) is 0 Å². The van der Waals surface area contributed by atoms with Crippen LogP contribution in [0.4, 0.5) is 0 Å². The van der Waals surface area contributed by atoms with Gasteiger partial charge >= 0.3 is 0 Å². The smallest absolute Gasteiger partial charge is 0.135 e. The van der Waals surface area contributed by atoms with Crippen molar-refractivity contribution < 1.29 is 5.11 Å². The summed E-state index contributed by atoms with van der Waals surface area (Å²) in [5.41, 5.74) is 2.88. The monoisotopic (exact) mass is 376 g/mol. The van der Waals surface area contributed by atoms with Crippen LogP contribution >= 0.6 is 27.5 Å². The highest BCUT2D eigenvalue weighted by atomic mass is 79.9. The topological polar surface area (TPSA) is 48.9 Å². The van der Waals surface area contributed by atoms with Crippen molar-refractivity contribution >= 4 is 27.5 Å². The van der Waals surface area contributed by atoms with Crippen molar-refractivity contribution in [1.29, 1.82) is 0 Å². The van der Waals surface area contributed by atoms with Gasteiger partial charge in [-0.25, -0.2) is 4.98 Å². The van der Waals surface area contributed by atoms with Crippen molar-refractivity contribution in [3.63, 3.8) is 0 Å². The van der Waals surface area contributed by atoms with Crippen LogP contribution in [-0.4, -0.2) is 15.1 Å². The highest BCUT2D eigenvalue weighted by Gasteiger charge is 2.14. The summed E-state index contributed by atoms with van der Waals surface area (Å²) in [6, 6.07) is 15.3. The third-order valence-corrected chi connectivity index (χ3v) is 4.46. The molecule has 3 aromatic rings. The maximum absolute atomic E-state index is 10.4. The zero-order valence-electron chi connectivity index (χ0n) is 11.6. The molecule has 0 fully saturated rings. The predicted molar refractivity (Wildman–Crippen MR) is 91.8 cm³/mol. The predicted octanol–water partition coefficient (Wildman–Crippen LogP) is 4.77. The molecule has 0 bridgehead atoms. The van der Waals surface area contributed by atoms with Gasteiger partial charge in [-0.15, -0.1) is 0 Å². The Labute approximate surface area is 142 Å². The van der Waals surface area contributed by atoms with Crippen LogP contribution in [0.25, 0.3) is 11.3 Å². The Hall–Kier alpha value is -1.62. The van der Waals surface area contributed by atoms with E-state index in [1.807, 2.05) is 48.5 Å². The van der Waals surface area contributed by atoms with E-state index in [4.69, 9.17) is 11.6 Å². The number of aliphatic hydroxyl groups is 1. The molecular formula is C17H14BrClN2O. The number of halogens is 2. The number of nitrogens with zero attached hydrogens (tertiary/aromatic N) is 1. The summed E-state index contributed by atoms with van der Waals surface area (Å²) in [5.74, 6) is 0.556. The van der Waals surface area contributed by atoms with Gasteiger partial charge in [-0.1, -0.05) is 57.9 Å². The molecule has 1 unspecified atom stereocenters. The Balaban J connectivity index is 1.78. The molecule has 0 spiro atoms. The number of H-pyrrole nitrogens is 1. The van der Waals surface area contributed by atoms with Gasteiger partial charge in [-0.2, -0.15) is 0 Å². The molecule has 22 heavy (non-hydrogen) atoms. The maximum atomic E-state index is 10.4. The Morgan fingerprint density at radius 3 is 2.59 bits per heavy atom. The normalized spacial score (nSPS) is 12.3. The molecule has 0 radical (unpaired) electrons. The SMILES string of the molecule is OC(Cc1ccccc1Br)c1ncc(-c2ccc(Cl)cc2)[nH]1. The fourth-order valence-electron chi connectivity index (χ4n) is 2.25. The maximum Gasteiger partial charge on any atom is 0.135 e. The van der Waals surface area contributed by atoms with Gasteiger partial charge in [0.1, 0.15) is 11.9 Å². The number of benzene rings is 2. The third kappa shape index (κ3) is 3.40. The molecule has 0 saturated carbocycles. The molecule has 0 aliphatic rings. The molecule has 3 rings (SSSR count). The number of hydrogen-bond donors (Lipinski definition) is 2. The number of imidazole rings is 1. The van der Waals surface area contributed by atoms with Crippen LogP contribution in [-0.2, 0) is 6.42 Å². The lowest BCUT2D eigenvalue weighted by Crippen LogP contribution is -2.04. The minimum absolute atomic E-state index is 0.495. The van der Waals surface area contributed by atoms with Crippen molar-refractivity contribution in [3.8, 4) is 11.3 Å². The van der Waals surface area contributed by atoms with Crippen LogP contribution in [0.3, 0.4) is 0 Å². The van der Waals surface area contributed by atoms with Gasteiger partial charge in [0.2, 0.25) is 0 Å². The van der Waals surface area contributed by atoms with E-state index in [9.17, 15) is 5.11 Å². The van der Waals surface area contributed by atoms with E-state index in [0.29, 0.717) is 17.3 Å². The summed E-state index contributed by atoms with van der Waals surface area (Å²) in [7, 11) is 0. The molecule has 5 heteroatoms. The average Bonchev–Trinajstić information content (AvgIpc) is 3.00. The summed E-state index contributed by atoms with van der Waals surface area (Å²) in [4.78, 5) is 7.46. The number of aliphatic hydroxyl groups excluding tert-OH is 1. The van der Waals surface area contributed by atoms with Crippen LogP contribution in [0.1, 0.15) is 17.5 Å². The van der Waals surface area contributed by atoms with Gasteiger partial charge in [0.15, 0.2) is 0 Å². The summed E-state index contributed by atoms with van der Waals surface area (Å²) < 4.78 is 0.985. The standard InChI is InChI=1S/C17H14BrClN2O/c18-14-4-2-1-3-12(14)9-16(22)17-20-10-15(21-17)11-5-7-13(19)8-6-11/h1-8,10,16,22H,9H2,(H,20,21). The molecule has 0 saturated heterocycles. The first-order chi connectivity index (χ1) is 10.6. The Kier molecular flexibility index (Phi) is 4.62. The number of rotatable bonds is 4. The van der Waals surface area contributed by atoms with E-state index in [-0.39, 0.29) is 0 Å². The van der Waals surface area contributed by atoms with E-state index in [1.165, 1.54) is 0 Å². The molecule has 0 aliphatic heterocycles. The van der Waals surface area contributed by atoms with Crippen molar-refractivity contribution in [1.82, 2.24) is 9.97 Å². The lowest BCUT2D eigenvalue weighted by Gasteiger charge is -2.09. The average molecular weight is 378 g/mol. The zero-order valence-corrected chi connectivity index (χ0v) is 14.0. The van der Waals surface area contributed by atoms with Gasteiger partial charge in [-0.05, 0) is 29.3 Å². The lowest BCUT2D eigenvalue weighted by atomic mass is 10.1. The van der Waals surface area contributed by atoms with E-state index in [1.54, 1.807) is 6.20 Å². The number of nitrogens with one attached hydrogen (secondary N) is 1. The first kappa shape index (κ1) is 15.3. The van der Waals surface area contributed by atoms with Crippen LogP contribution < -0.4 is 0 Å².